The Morgan fingerprint density at radius 2 is 1.15 bits per heavy atom. The third-order valence-corrected chi connectivity index (χ3v) is 4.02. The first-order valence-corrected chi connectivity index (χ1v) is 8.32. The summed E-state index contributed by atoms with van der Waals surface area (Å²) in [7, 11) is 3.28. The molecule has 2 amide bonds. The van der Waals surface area contributed by atoms with E-state index in [0.717, 1.165) is 21.3 Å². The van der Waals surface area contributed by atoms with Gasteiger partial charge in [-0.3, -0.25) is 19.2 Å². The van der Waals surface area contributed by atoms with Crippen LogP contribution in [0.3, 0.4) is 0 Å². The minimum Gasteiger partial charge on any atom is -0.468 e. The molecular formula is C17H28N2O8. The van der Waals surface area contributed by atoms with Crippen molar-refractivity contribution in [3.8, 4) is 0 Å². The Hall–Kier alpha value is -2.65. The van der Waals surface area contributed by atoms with E-state index in [-0.39, 0.29) is 5.92 Å². The van der Waals surface area contributed by atoms with Crippen LogP contribution in [0.4, 0.5) is 0 Å². The SMILES string of the molecule is COC(=O)C(C(=O)OC)[C@@H](C)[C@@H](NC(=O)[C@H](NC(C)=O)C(C)C)C(=O)OC. The molecule has 0 heterocycles. The number of methoxy groups -OCH3 is 3. The molecule has 0 aliphatic rings. The highest BCUT2D eigenvalue weighted by atomic mass is 16.5. The number of rotatable bonds is 9. The van der Waals surface area contributed by atoms with E-state index in [9.17, 15) is 24.0 Å². The quantitative estimate of drug-likeness (QED) is 0.304. The van der Waals surface area contributed by atoms with E-state index in [0.29, 0.717) is 0 Å². The van der Waals surface area contributed by atoms with Gasteiger partial charge < -0.3 is 24.8 Å². The number of hydrogen-bond donors (Lipinski definition) is 2. The van der Waals surface area contributed by atoms with Crippen LogP contribution >= 0.6 is 0 Å². The predicted octanol–water partition coefficient (Wildman–Crippen LogP) is -0.597. The molecule has 0 fully saturated rings. The van der Waals surface area contributed by atoms with Crippen molar-refractivity contribution in [1.29, 1.82) is 0 Å². The van der Waals surface area contributed by atoms with Crippen LogP contribution in [0.5, 0.6) is 0 Å². The third kappa shape index (κ3) is 6.87. The van der Waals surface area contributed by atoms with E-state index in [1.165, 1.54) is 13.8 Å². The van der Waals surface area contributed by atoms with Crippen molar-refractivity contribution in [2.24, 2.45) is 17.8 Å². The zero-order chi connectivity index (χ0) is 21.3. The molecule has 10 heteroatoms. The number of amides is 2. The summed E-state index contributed by atoms with van der Waals surface area (Å²) in [4.78, 5) is 60.1. The summed E-state index contributed by atoms with van der Waals surface area (Å²) >= 11 is 0. The monoisotopic (exact) mass is 388 g/mol. The van der Waals surface area contributed by atoms with E-state index in [2.05, 4.69) is 24.8 Å². The first-order chi connectivity index (χ1) is 12.5. The summed E-state index contributed by atoms with van der Waals surface area (Å²) in [5.41, 5.74) is 0. The minimum absolute atomic E-state index is 0.278. The molecular weight excluding hydrogens is 360 g/mol. The lowest BCUT2D eigenvalue weighted by atomic mass is 9.86. The van der Waals surface area contributed by atoms with Crippen molar-refractivity contribution in [3.05, 3.63) is 0 Å². The molecule has 0 spiro atoms. The van der Waals surface area contributed by atoms with Crippen LogP contribution in [0.15, 0.2) is 0 Å². The van der Waals surface area contributed by atoms with Gasteiger partial charge in [0.25, 0.3) is 0 Å². The maximum Gasteiger partial charge on any atom is 0.328 e. The number of nitrogens with one attached hydrogen (secondary N) is 2. The van der Waals surface area contributed by atoms with Crippen molar-refractivity contribution < 1.29 is 38.2 Å². The molecule has 0 bridgehead atoms. The normalized spacial score (nSPS) is 14.0. The molecule has 154 valence electrons. The Balaban J connectivity index is 5.73. The van der Waals surface area contributed by atoms with E-state index >= 15 is 0 Å². The van der Waals surface area contributed by atoms with Gasteiger partial charge in [-0.25, -0.2) is 4.79 Å². The number of esters is 3. The molecule has 0 aromatic rings. The molecule has 0 radical (unpaired) electrons. The van der Waals surface area contributed by atoms with Crippen LogP contribution in [0, 0.1) is 17.8 Å². The predicted molar refractivity (Wildman–Crippen MR) is 93.1 cm³/mol. The molecule has 10 nitrogen and oxygen atoms in total. The molecule has 0 saturated heterocycles. The topological polar surface area (TPSA) is 137 Å². The first kappa shape index (κ1) is 24.4. The Bertz CT molecular complexity index is 559. The van der Waals surface area contributed by atoms with Gasteiger partial charge in [0.05, 0.1) is 21.3 Å². The van der Waals surface area contributed by atoms with Crippen LogP contribution in [0.25, 0.3) is 0 Å². The number of ether oxygens (including phenoxy) is 3. The highest BCUT2D eigenvalue weighted by molar-refractivity contribution is 5.97. The van der Waals surface area contributed by atoms with E-state index < -0.39 is 53.6 Å². The fraction of sp³-hybridized carbons (Fsp3) is 0.706. The summed E-state index contributed by atoms with van der Waals surface area (Å²) in [5, 5.41) is 4.94. The fourth-order valence-corrected chi connectivity index (χ4v) is 2.50. The average Bonchev–Trinajstić information content (AvgIpc) is 2.62. The standard InChI is InChI=1S/C17H28N2O8/c1-8(2)12(18-10(4)20)14(21)19-13(17(24)27-7)9(3)11(15(22)25-5)16(23)26-6/h8-9,11-13H,1-7H3,(H,18,20)(H,19,21)/t9-,12-,13-/m1/s1. The van der Waals surface area contributed by atoms with E-state index in [1.54, 1.807) is 13.8 Å². The summed E-state index contributed by atoms with van der Waals surface area (Å²) in [6.07, 6.45) is 0. The molecule has 0 aromatic carbocycles. The summed E-state index contributed by atoms with van der Waals surface area (Å²) in [6.45, 7) is 6.09. The van der Waals surface area contributed by atoms with Crippen LogP contribution in [0.1, 0.15) is 27.7 Å². The maximum atomic E-state index is 12.6. The van der Waals surface area contributed by atoms with Crippen LogP contribution in [-0.2, 0) is 38.2 Å². The van der Waals surface area contributed by atoms with Crippen molar-refractivity contribution in [2.45, 2.75) is 39.8 Å². The second kappa shape index (κ2) is 11.1. The minimum atomic E-state index is -1.46. The summed E-state index contributed by atoms with van der Waals surface area (Å²) in [5.74, 6) is -6.54. The summed E-state index contributed by atoms with van der Waals surface area (Å²) in [6, 6.07) is -2.27. The highest BCUT2D eigenvalue weighted by Crippen LogP contribution is 2.21. The van der Waals surface area contributed by atoms with Gasteiger partial charge in [-0.15, -0.1) is 0 Å². The first-order valence-electron chi connectivity index (χ1n) is 8.32. The highest BCUT2D eigenvalue weighted by Gasteiger charge is 2.43. The largest absolute Gasteiger partial charge is 0.468 e. The van der Waals surface area contributed by atoms with Crippen molar-refractivity contribution in [3.63, 3.8) is 0 Å². The van der Waals surface area contributed by atoms with Gasteiger partial charge in [0.1, 0.15) is 12.1 Å². The van der Waals surface area contributed by atoms with Crippen LogP contribution < -0.4 is 10.6 Å². The van der Waals surface area contributed by atoms with Crippen LogP contribution in [0.2, 0.25) is 0 Å². The van der Waals surface area contributed by atoms with Gasteiger partial charge in [0.2, 0.25) is 11.8 Å². The van der Waals surface area contributed by atoms with Crippen molar-refractivity contribution >= 4 is 29.7 Å². The Kier molecular flexibility index (Phi) is 10.1. The molecule has 0 rings (SSSR count). The molecule has 0 aliphatic heterocycles. The average molecular weight is 388 g/mol. The smallest absolute Gasteiger partial charge is 0.328 e. The Morgan fingerprint density at radius 1 is 0.704 bits per heavy atom. The lowest BCUT2D eigenvalue weighted by Crippen LogP contribution is -2.57. The maximum absolute atomic E-state index is 12.6. The Morgan fingerprint density at radius 3 is 1.48 bits per heavy atom. The lowest BCUT2D eigenvalue weighted by molar-refractivity contribution is -0.163. The molecule has 0 aliphatic carbocycles. The Labute approximate surface area is 158 Å². The van der Waals surface area contributed by atoms with Gasteiger partial charge in [-0.2, -0.15) is 0 Å². The number of hydrogen-bond acceptors (Lipinski definition) is 8. The molecule has 0 unspecified atom stereocenters. The van der Waals surface area contributed by atoms with Gasteiger partial charge in [-0.1, -0.05) is 20.8 Å². The second-order valence-electron chi connectivity index (χ2n) is 6.31. The van der Waals surface area contributed by atoms with Crippen LogP contribution in [-0.4, -0.2) is 63.1 Å². The number of carbonyl (C=O) groups excluding carboxylic acids is 5. The van der Waals surface area contributed by atoms with Gasteiger partial charge in [0, 0.05) is 12.8 Å². The van der Waals surface area contributed by atoms with E-state index in [1.807, 2.05) is 0 Å². The molecule has 0 saturated carbocycles. The second-order valence-corrected chi connectivity index (χ2v) is 6.31. The molecule has 2 N–H and O–H groups in total. The summed E-state index contributed by atoms with van der Waals surface area (Å²) < 4.78 is 13.9. The van der Waals surface area contributed by atoms with Gasteiger partial charge in [0.15, 0.2) is 5.92 Å². The molecule has 3 atom stereocenters. The van der Waals surface area contributed by atoms with Gasteiger partial charge in [-0.05, 0) is 5.92 Å². The van der Waals surface area contributed by atoms with Gasteiger partial charge >= 0.3 is 17.9 Å². The van der Waals surface area contributed by atoms with Crippen molar-refractivity contribution in [1.82, 2.24) is 10.6 Å². The lowest BCUT2D eigenvalue weighted by Gasteiger charge is -2.29. The zero-order valence-corrected chi connectivity index (χ0v) is 16.7. The number of carbonyl (C=O) groups is 5. The molecule has 0 aromatic heterocycles. The zero-order valence-electron chi connectivity index (χ0n) is 16.7. The molecule has 27 heavy (non-hydrogen) atoms. The fourth-order valence-electron chi connectivity index (χ4n) is 2.50. The van der Waals surface area contributed by atoms with E-state index in [4.69, 9.17) is 0 Å². The third-order valence-electron chi connectivity index (χ3n) is 4.02. The van der Waals surface area contributed by atoms with Crippen molar-refractivity contribution in [2.75, 3.05) is 21.3 Å².